The molecule has 1 fully saturated rings. The van der Waals surface area contributed by atoms with E-state index in [2.05, 4.69) is 26.1 Å². The van der Waals surface area contributed by atoms with Gasteiger partial charge >= 0.3 is 6.18 Å². The first-order valence-corrected chi connectivity index (χ1v) is 17.7. The molecule has 0 radical (unpaired) electrons. The van der Waals surface area contributed by atoms with Gasteiger partial charge in [-0.25, -0.2) is 17.2 Å². The molecular formula is C33H40F5N5O5S. The second kappa shape index (κ2) is 15.8. The molecule has 0 saturated heterocycles. The van der Waals surface area contributed by atoms with Gasteiger partial charge in [0.2, 0.25) is 5.91 Å². The number of alkyl halides is 3. The number of amides is 2. The molecule has 268 valence electrons. The molecule has 2 amide bonds. The van der Waals surface area contributed by atoms with E-state index in [1.807, 2.05) is 6.92 Å². The zero-order valence-electron chi connectivity index (χ0n) is 27.0. The Morgan fingerprint density at radius 2 is 1.73 bits per heavy atom. The van der Waals surface area contributed by atoms with Crippen LogP contribution in [-0.2, 0) is 32.8 Å². The van der Waals surface area contributed by atoms with E-state index in [1.165, 1.54) is 12.1 Å². The molecule has 10 nitrogen and oxygen atoms in total. The van der Waals surface area contributed by atoms with Gasteiger partial charge in [-0.2, -0.15) is 18.3 Å². The van der Waals surface area contributed by atoms with Crippen LogP contribution in [0.15, 0.2) is 48.5 Å². The molecule has 1 aliphatic rings. The Hall–Kier alpha value is -3.89. The van der Waals surface area contributed by atoms with Crippen molar-refractivity contribution in [3.63, 3.8) is 0 Å². The Labute approximate surface area is 281 Å². The van der Waals surface area contributed by atoms with Gasteiger partial charge in [0.05, 0.1) is 29.2 Å². The van der Waals surface area contributed by atoms with E-state index in [1.54, 1.807) is 13.0 Å². The predicted molar refractivity (Wildman–Crippen MR) is 171 cm³/mol. The quantitative estimate of drug-likeness (QED) is 0.132. The summed E-state index contributed by atoms with van der Waals surface area (Å²) in [5, 5.41) is 26.0. The third-order valence-electron chi connectivity index (χ3n) is 8.40. The second-order valence-corrected chi connectivity index (χ2v) is 14.8. The van der Waals surface area contributed by atoms with Crippen LogP contribution in [0.2, 0.25) is 0 Å². The van der Waals surface area contributed by atoms with E-state index >= 15 is 0 Å². The molecular weight excluding hydrogens is 673 g/mol. The Bertz CT molecular complexity index is 1710. The average Bonchev–Trinajstić information content (AvgIpc) is 3.70. The van der Waals surface area contributed by atoms with Crippen molar-refractivity contribution in [3.05, 3.63) is 88.2 Å². The van der Waals surface area contributed by atoms with Crippen LogP contribution < -0.4 is 16.0 Å². The number of sulfone groups is 1. The number of aliphatic hydroxyl groups is 1. The molecule has 1 saturated carbocycles. The van der Waals surface area contributed by atoms with Crippen LogP contribution in [0, 0.1) is 18.6 Å². The lowest BCUT2D eigenvalue weighted by molar-refractivity contribution is -0.137. The highest BCUT2D eigenvalue weighted by atomic mass is 32.2. The van der Waals surface area contributed by atoms with Crippen molar-refractivity contribution in [3.8, 4) is 0 Å². The fourth-order valence-corrected chi connectivity index (χ4v) is 7.00. The highest BCUT2D eigenvalue weighted by Crippen LogP contribution is 2.46. The van der Waals surface area contributed by atoms with Crippen LogP contribution in [-0.4, -0.2) is 71.8 Å². The van der Waals surface area contributed by atoms with E-state index < -0.39 is 74.5 Å². The molecule has 3 atom stereocenters. The summed E-state index contributed by atoms with van der Waals surface area (Å²) in [7, 11) is -3.59. The Morgan fingerprint density at radius 3 is 2.33 bits per heavy atom. The first-order chi connectivity index (χ1) is 23.0. The van der Waals surface area contributed by atoms with E-state index in [4.69, 9.17) is 0 Å². The number of hydrogen-bond acceptors (Lipinski definition) is 7. The molecule has 49 heavy (non-hydrogen) atoms. The molecule has 1 aliphatic carbocycles. The Morgan fingerprint density at radius 1 is 1.04 bits per heavy atom. The molecule has 0 bridgehead atoms. The number of carbonyl (C=O) groups excluding carboxylic acids is 2. The molecule has 1 heterocycles. The van der Waals surface area contributed by atoms with E-state index in [-0.39, 0.29) is 36.4 Å². The van der Waals surface area contributed by atoms with Crippen molar-refractivity contribution in [1.29, 1.82) is 0 Å². The maximum atomic E-state index is 14.1. The van der Waals surface area contributed by atoms with Crippen molar-refractivity contribution in [2.24, 2.45) is 0 Å². The zero-order valence-corrected chi connectivity index (χ0v) is 27.9. The number of nitrogens with one attached hydrogen (secondary N) is 4. The first-order valence-electron chi connectivity index (χ1n) is 15.9. The van der Waals surface area contributed by atoms with Crippen molar-refractivity contribution in [1.82, 2.24) is 26.1 Å². The number of aromatic nitrogens is 2. The molecule has 16 heteroatoms. The van der Waals surface area contributed by atoms with E-state index in [0.29, 0.717) is 43.0 Å². The summed E-state index contributed by atoms with van der Waals surface area (Å²) in [5.74, 6) is -3.98. The molecule has 0 aliphatic heterocycles. The van der Waals surface area contributed by atoms with Gasteiger partial charge in [0.15, 0.2) is 0 Å². The summed E-state index contributed by atoms with van der Waals surface area (Å²) >= 11 is 0. The van der Waals surface area contributed by atoms with Crippen LogP contribution in [0.25, 0.3) is 0 Å². The summed E-state index contributed by atoms with van der Waals surface area (Å²) in [4.78, 5) is 26.7. The van der Waals surface area contributed by atoms with E-state index in [0.717, 1.165) is 24.3 Å². The standard InChI is InChI=1S/C33H40F5N5O5S/c1-3-4-11-49(47,48)12-8-26(40-31(46)28-13-20(2)42-43-28)30(45)41-27(16-21-14-24(34)18-25(35)15-21)29(44)19-39-32(9-10-32)22-6-5-7-23(17-22)33(36,37)38/h5-7,13-15,17-18,26-27,29,39,44H,3-4,8-12,16,19H2,1-2H3,(H,40,46)(H,41,45)(H,42,43)/t26-,27+,29-/m1/s1. The predicted octanol–water partition coefficient (Wildman–Crippen LogP) is 4.09. The fraction of sp³-hybridized carbons (Fsp3) is 0.485. The molecule has 1 aromatic heterocycles. The number of aliphatic hydroxyl groups excluding tert-OH is 1. The van der Waals surface area contributed by atoms with Gasteiger partial charge in [-0.15, -0.1) is 0 Å². The largest absolute Gasteiger partial charge is 0.416 e. The summed E-state index contributed by atoms with van der Waals surface area (Å²) in [6.45, 7) is 3.24. The summed E-state index contributed by atoms with van der Waals surface area (Å²) < 4.78 is 93.6. The number of aryl methyl sites for hydroxylation is 1. The molecule has 0 spiro atoms. The number of rotatable bonds is 17. The lowest BCUT2D eigenvalue weighted by Crippen LogP contribution is -2.55. The highest BCUT2D eigenvalue weighted by Gasteiger charge is 2.45. The third kappa shape index (κ3) is 10.8. The number of benzene rings is 2. The van der Waals surface area contributed by atoms with Gasteiger partial charge in [-0.1, -0.05) is 25.5 Å². The molecule has 2 aromatic carbocycles. The molecule has 3 aromatic rings. The maximum absolute atomic E-state index is 14.1. The van der Waals surface area contributed by atoms with Crippen LogP contribution in [0.5, 0.6) is 0 Å². The van der Waals surface area contributed by atoms with Gasteiger partial charge in [0.25, 0.3) is 5.91 Å². The third-order valence-corrected chi connectivity index (χ3v) is 10.2. The summed E-state index contributed by atoms with van der Waals surface area (Å²) in [6, 6.07) is 6.30. The van der Waals surface area contributed by atoms with Crippen LogP contribution >= 0.6 is 0 Å². The first kappa shape index (κ1) is 37.9. The minimum absolute atomic E-state index is 0.0514. The Balaban J connectivity index is 1.56. The number of aromatic amines is 1. The zero-order chi connectivity index (χ0) is 36.0. The summed E-state index contributed by atoms with van der Waals surface area (Å²) in [5.41, 5.74) is -0.744. The van der Waals surface area contributed by atoms with Crippen LogP contribution in [0.3, 0.4) is 0 Å². The number of hydrogen-bond donors (Lipinski definition) is 5. The topological polar surface area (TPSA) is 153 Å². The Kier molecular flexibility index (Phi) is 12.2. The van der Waals surface area contributed by atoms with Gasteiger partial charge in [-0.05, 0) is 80.5 Å². The minimum Gasteiger partial charge on any atom is -0.390 e. The highest BCUT2D eigenvalue weighted by molar-refractivity contribution is 7.91. The number of carbonyl (C=O) groups is 2. The normalized spacial score (nSPS) is 16.1. The lowest BCUT2D eigenvalue weighted by Gasteiger charge is -2.29. The smallest absolute Gasteiger partial charge is 0.390 e. The second-order valence-electron chi connectivity index (χ2n) is 12.5. The molecule has 4 rings (SSSR count). The maximum Gasteiger partial charge on any atom is 0.416 e. The minimum atomic E-state index is -4.56. The van der Waals surface area contributed by atoms with Gasteiger partial charge in [-0.3, -0.25) is 14.7 Å². The number of unbranched alkanes of at least 4 members (excludes halogenated alkanes) is 1. The molecule has 0 unspecified atom stereocenters. The van der Waals surface area contributed by atoms with E-state index in [9.17, 15) is 45.1 Å². The number of halogens is 5. The molecule has 5 N–H and O–H groups in total. The number of H-pyrrole nitrogens is 1. The van der Waals surface area contributed by atoms with Crippen molar-refractivity contribution < 1.29 is 45.1 Å². The van der Waals surface area contributed by atoms with Gasteiger partial charge < -0.3 is 21.1 Å². The van der Waals surface area contributed by atoms with Crippen molar-refractivity contribution in [2.75, 3.05) is 18.1 Å². The van der Waals surface area contributed by atoms with Crippen LogP contribution in [0.1, 0.15) is 71.9 Å². The van der Waals surface area contributed by atoms with Gasteiger partial charge in [0.1, 0.15) is 33.2 Å². The average molecular weight is 714 g/mol. The monoisotopic (exact) mass is 713 g/mol. The lowest BCUT2D eigenvalue weighted by atomic mass is 9.98. The summed E-state index contributed by atoms with van der Waals surface area (Å²) in [6.07, 6.45) is -4.63. The fourth-order valence-electron chi connectivity index (χ4n) is 5.48. The van der Waals surface area contributed by atoms with Gasteiger partial charge in [0, 0.05) is 23.8 Å². The van der Waals surface area contributed by atoms with Crippen molar-refractivity contribution >= 4 is 21.7 Å². The van der Waals surface area contributed by atoms with Crippen LogP contribution in [0.4, 0.5) is 22.0 Å². The number of nitrogens with zero attached hydrogens (tertiary/aromatic N) is 1. The van der Waals surface area contributed by atoms with Crippen molar-refractivity contribution in [2.45, 2.75) is 82.3 Å². The SMILES string of the molecule is CCCCS(=O)(=O)CC[C@@H](NC(=O)c1cc(C)[nH]n1)C(=O)N[C@@H](Cc1cc(F)cc(F)c1)[C@H](O)CNC1(c2cccc(C(F)(F)F)c2)CC1.